The van der Waals surface area contributed by atoms with Crippen molar-refractivity contribution in [3.8, 4) is 0 Å². The number of fused-ring (bicyclic) bond motifs is 1. The van der Waals surface area contributed by atoms with Gasteiger partial charge in [-0.05, 0) is 49.9 Å². The number of para-hydroxylation sites is 2. The Morgan fingerprint density at radius 1 is 0.962 bits per heavy atom. The van der Waals surface area contributed by atoms with E-state index >= 15 is 0 Å². The molecule has 4 rings (SSSR count). The first-order chi connectivity index (χ1) is 12.6. The van der Waals surface area contributed by atoms with Crippen LogP contribution in [0, 0.1) is 0 Å². The van der Waals surface area contributed by atoms with E-state index in [1.807, 2.05) is 48.7 Å². The number of carbonyl (C=O) groups excluding carboxylic acids is 2. The van der Waals surface area contributed by atoms with Crippen LogP contribution in [0.25, 0.3) is 17.0 Å². The van der Waals surface area contributed by atoms with Gasteiger partial charge in [-0.3, -0.25) is 9.59 Å². The summed E-state index contributed by atoms with van der Waals surface area (Å²) in [4.78, 5) is 26.9. The number of rotatable bonds is 3. The van der Waals surface area contributed by atoms with Crippen LogP contribution in [0.2, 0.25) is 0 Å². The number of amides is 2. The zero-order valence-electron chi connectivity index (χ0n) is 14.5. The van der Waals surface area contributed by atoms with Crippen LogP contribution in [0.4, 0.5) is 10.5 Å². The van der Waals surface area contributed by atoms with Crippen molar-refractivity contribution in [2.75, 3.05) is 4.90 Å². The summed E-state index contributed by atoms with van der Waals surface area (Å²) in [5, 5.41) is 0.813. The second-order valence-electron chi connectivity index (χ2n) is 6.46. The van der Waals surface area contributed by atoms with Gasteiger partial charge in [0.15, 0.2) is 0 Å². The van der Waals surface area contributed by atoms with Gasteiger partial charge in [0.1, 0.15) is 0 Å². The summed E-state index contributed by atoms with van der Waals surface area (Å²) in [7, 11) is 0. The lowest BCUT2D eigenvalue weighted by molar-refractivity contribution is -0.113. The normalized spacial score (nSPS) is 16.4. The van der Waals surface area contributed by atoms with Crippen LogP contribution in [0.3, 0.4) is 0 Å². The van der Waals surface area contributed by atoms with Gasteiger partial charge in [-0.2, -0.15) is 0 Å². The topological polar surface area (TPSA) is 42.3 Å². The number of hydrogen-bond acceptors (Lipinski definition) is 3. The minimum atomic E-state index is -0.271. The quantitative estimate of drug-likeness (QED) is 0.581. The van der Waals surface area contributed by atoms with Gasteiger partial charge in [-0.25, -0.2) is 4.90 Å². The first kappa shape index (κ1) is 16.7. The lowest BCUT2D eigenvalue weighted by Crippen LogP contribution is -2.27. The molecule has 3 aromatic rings. The average molecular weight is 362 g/mol. The summed E-state index contributed by atoms with van der Waals surface area (Å²) in [5.41, 5.74) is 2.67. The number of imide groups is 1. The van der Waals surface area contributed by atoms with Gasteiger partial charge in [0.2, 0.25) is 0 Å². The van der Waals surface area contributed by atoms with Crippen LogP contribution >= 0.6 is 11.8 Å². The summed E-state index contributed by atoms with van der Waals surface area (Å²) < 4.78 is 2.18. The third-order valence-corrected chi connectivity index (χ3v) is 5.29. The zero-order chi connectivity index (χ0) is 18.3. The van der Waals surface area contributed by atoms with Crippen molar-refractivity contribution >= 4 is 45.6 Å². The van der Waals surface area contributed by atoms with E-state index in [1.165, 1.54) is 4.90 Å². The fraction of sp³-hybridized carbons (Fsp3) is 0.143. The summed E-state index contributed by atoms with van der Waals surface area (Å²) in [6.45, 7) is 4.25. The minimum Gasteiger partial charge on any atom is -0.344 e. The van der Waals surface area contributed by atoms with Crippen molar-refractivity contribution in [1.82, 2.24) is 4.57 Å². The van der Waals surface area contributed by atoms with Gasteiger partial charge < -0.3 is 4.57 Å². The Morgan fingerprint density at radius 3 is 2.38 bits per heavy atom. The smallest absolute Gasteiger partial charge is 0.298 e. The van der Waals surface area contributed by atoms with Gasteiger partial charge in [-0.1, -0.05) is 36.4 Å². The van der Waals surface area contributed by atoms with Crippen LogP contribution in [0.5, 0.6) is 0 Å². The predicted octanol–water partition coefficient (Wildman–Crippen LogP) is 5.46. The van der Waals surface area contributed by atoms with Crippen LogP contribution < -0.4 is 4.90 Å². The highest BCUT2D eigenvalue weighted by molar-refractivity contribution is 8.19. The number of aromatic nitrogens is 1. The molecule has 0 spiro atoms. The van der Waals surface area contributed by atoms with E-state index in [-0.39, 0.29) is 11.1 Å². The van der Waals surface area contributed by atoms with Crippen molar-refractivity contribution < 1.29 is 9.59 Å². The van der Waals surface area contributed by atoms with E-state index in [4.69, 9.17) is 0 Å². The third-order valence-electron chi connectivity index (χ3n) is 4.42. The number of anilines is 1. The minimum absolute atomic E-state index is 0.264. The molecular weight excluding hydrogens is 344 g/mol. The Kier molecular flexibility index (Phi) is 4.17. The fourth-order valence-electron chi connectivity index (χ4n) is 3.18. The van der Waals surface area contributed by atoms with E-state index in [1.54, 1.807) is 12.1 Å². The van der Waals surface area contributed by atoms with Crippen LogP contribution in [-0.2, 0) is 4.79 Å². The highest BCUT2D eigenvalue weighted by Gasteiger charge is 2.36. The lowest BCUT2D eigenvalue weighted by Gasteiger charge is -2.11. The lowest BCUT2D eigenvalue weighted by atomic mass is 10.1. The van der Waals surface area contributed by atoms with E-state index in [0.717, 1.165) is 28.2 Å². The maximum absolute atomic E-state index is 12.8. The van der Waals surface area contributed by atoms with Gasteiger partial charge >= 0.3 is 0 Å². The van der Waals surface area contributed by atoms with E-state index in [2.05, 4.69) is 24.5 Å². The molecule has 0 aliphatic carbocycles. The van der Waals surface area contributed by atoms with Gasteiger partial charge in [0.05, 0.1) is 10.6 Å². The molecule has 0 N–H and O–H groups in total. The Hall–Kier alpha value is -2.79. The molecule has 1 aliphatic rings. The number of carbonyl (C=O) groups is 2. The van der Waals surface area contributed by atoms with Gasteiger partial charge in [0, 0.05) is 28.7 Å². The monoisotopic (exact) mass is 362 g/mol. The molecule has 4 nitrogen and oxygen atoms in total. The SMILES string of the molecule is CC(C)n1cc(/C=C2/SC(=O)N(c3ccccc3)C2=O)c2ccccc21. The number of benzene rings is 2. The molecule has 1 aliphatic heterocycles. The second kappa shape index (κ2) is 6.50. The van der Waals surface area contributed by atoms with Crippen LogP contribution in [-0.4, -0.2) is 15.7 Å². The summed E-state index contributed by atoms with van der Waals surface area (Å²) in [6.07, 6.45) is 3.88. The molecule has 2 amide bonds. The molecule has 0 atom stereocenters. The first-order valence-corrected chi connectivity index (χ1v) is 9.30. The maximum atomic E-state index is 12.8. The molecule has 1 fully saturated rings. The van der Waals surface area contributed by atoms with Crippen molar-refractivity contribution in [3.05, 3.63) is 71.3 Å². The van der Waals surface area contributed by atoms with Crippen molar-refractivity contribution in [2.45, 2.75) is 19.9 Å². The Labute approximate surface area is 156 Å². The van der Waals surface area contributed by atoms with Gasteiger partial charge in [-0.15, -0.1) is 0 Å². The predicted molar refractivity (Wildman–Crippen MR) is 107 cm³/mol. The Bertz CT molecular complexity index is 1030. The summed E-state index contributed by atoms with van der Waals surface area (Å²) in [6, 6.07) is 17.4. The molecule has 1 aromatic heterocycles. The average Bonchev–Trinajstić information content (AvgIpc) is 3.14. The molecule has 130 valence electrons. The molecule has 2 aromatic carbocycles. The van der Waals surface area contributed by atoms with Crippen molar-refractivity contribution in [1.29, 1.82) is 0 Å². The highest BCUT2D eigenvalue weighted by atomic mass is 32.2. The summed E-state index contributed by atoms with van der Waals surface area (Å²) in [5.74, 6) is -0.271. The first-order valence-electron chi connectivity index (χ1n) is 8.49. The third kappa shape index (κ3) is 2.74. The molecule has 0 saturated carbocycles. The van der Waals surface area contributed by atoms with Crippen LogP contribution in [0.15, 0.2) is 65.7 Å². The molecule has 0 unspecified atom stereocenters. The molecule has 1 saturated heterocycles. The number of thioether (sulfide) groups is 1. The molecule has 26 heavy (non-hydrogen) atoms. The number of hydrogen-bond donors (Lipinski definition) is 0. The van der Waals surface area contributed by atoms with Crippen LogP contribution in [0.1, 0.15) is 25.5 Å². The fourth-order valence-corrected chi connectivity index (χ4v) is 4.01. The van der Waals surface area contributed by atoms with Crippen molar-refractivity contribution in [3.63, 3.8) is 0 Å². The van der Waals surface area contributed by atoms with Gasteiger partial charge in [0.25, 0.3) is 11.1 Å². The largest absolute Gasteiger partial charge is 0.344 e. The maximum Gasteiger partial charge on any atom is 0.298 e. The Balaban J connectivity index is 1.77. The van der Waals surface area contributed by atoms with Crippen molar-refractivity contribution in [2.24, 2.45) is 0 Å². The number of nitrogens with zero attached hydrogens (tertiary/aromatic N) is 2. The van der Waals surface area contributed by atoms with E-state index in [9.17, 15) is 9.59 Å². The summed E-state index contributed by atoms with van der Waals surface area (Å²) >= 11 is 0.987. The second-order valence-corrected chi connectivity index (χ2v) is 7.45. The molecule has 0 radical (unpaired) electrons. The molecular formula is C21H18N2O2S. The van der Waals surface area contributed by atoms with E-state index in [0.29, 0.717) is 16.6 Å². The molecule has 5 heteroatoms. The molecule has 2 heterocycles. The van der Waals surface area contributed by atoms with E-state index < -0.39 is 0 Å². The molecule has 0 bridgehead atoms. The zero-order valence-corrected chi connectivity index (χ0v) is 15.4. The standard InChI is InChI=1S/C21H18N2O2S/c1-14(2)22-13-15(17-10-6-7-11-18(17)22)12-19-20(24)23(21(25)26-19)16-8-4-3-5-9-16/h3-14H,1-2H3/b19-12+. The highest BCUT2D eigenvalue weighted by Crippen LogP contribution is 2.37. The Morgan fingerprint density at radius 2 is 1.65 bits per heavy atom.